The molecule has 0 aliphatic carbocycles. The number of anilines is 1. The van der Waals surface area contributed by atoms with E-state index in [4.69, 9.17) is 5.84 Å². The topological polar surface area (TPSA) is 119 Å². The summed E-state index contributed by atoms with van der Waals surface area (Å²) in [5.74, 6) is 3.93. The fraction of sp³-hybridized carbons (Fsp3) is 0.0833. The molecule has 0 saturated heterocycles. The highest BCUT2D eigenvalue weighted by Gasteiger charge is 2.19. The quantitative estimate of drug-likeness (QED) is 0.269. The molecule has 0 aliphatic heterocycles. The Morgan fingerprint density at radius 2 is 2.14 bits per heavy atom. The van der Waals surface area contributed by atoms with Gasteiger partial charge in [0.1, 0.15) is 0 Å². The number of amides is 1. The van der Waals surface area contributed by atoms with E-state index in [-0.39, 0.29) is 15.8 Å². The Morgan fingerprint density at radius 3 is 2.67 bits per heavy atom. The number of nitrogens with two attached hydrogens (primary N) is 1. The van der Waals surface area contributed by atoms with Crippen LogP contribution in [0.5, 0.6) is 0 Å². The minimum Gasteiger partial charge on any atom is -0.465 e. The predicted octanol–water partition coefficient (Wildman–Crippen LogP) is 1.26. The van der Waals surface area contributed by atoms with Crippen LogP contribution < -0.4 is 11.2 Å². The molecular weight excluding hydrogens is 294 g/mol. The Kier molecular flexibility index (Phi) is 5.96. The Hall–Kier alpha value is -2.81. The van der Waals surface area contributed by atoms with E-state index >= 15 is 0 Å². The first-order valence-corrected chi connectivity index (χ1v) is 6.34. The molecule has 21 heavy (non-hydrogen) atoms. The highest BCUT2D eigenvalue weighted by atomic mass is 32.1. The summed E-state index contributed by atoms with van der Waals surface area (Å²) < 4.78 is 4.62. The molecule has 110 valence electrons. The average Bonchev–Trinajstić information content (AvgIpc) is 2.88. The molecule has 0 unspecified atom stereocenters. The van der Waals surface area contributed by atoms with Gasteiger partial charge in [-0.05, 0) is 12.2 Å². The summed E-state index contributed by atoms with van der Waals surface area (Å²) in [4.78, 5) is 31.2. The van der Waals surface area contributed by atoms with Crippen molar-refractivity contribution in [3.05, 3.63) is 30.2 Å². The van der Waals surface area contributed by atoms with Crippen LogP contribution in [0, 0.1) is 0 Å². The van der Waals surface area contributed by atoms with Gasteiger partial charge in [-0.2, -0.15) is 10.1 Å². The van der Waals surface area contributed by atoms with Crippen LogP contribution in [0.1, 0.15) is 9.67 Å². The lowest BCUT2D eigenvalue weighted by molar-refractivity contribution is -0.111. The number of hydrazone groups is 1. The van der Waals surface area contributed by atoms with E-state index in [1.54, 1.807) is 0 Å². The number of hydrogen-bond acceptors (Lipinski definition) is 8. The number of nitrogens with one attached hydrogen (secondary N) is 1. The third kappa shape index (κ3) is 4.35. The predicted molar refractivity (Wildman–Crippen MR) is 82.3 cm³/mol. The number of carbonyl (C=O) groups excluding carboxylic acids is 2. The summed E-state index contributed by atoms with van der Waals surface area (Å²) in [5.41, 5.74) is 0.351. The van der Waals surface area contributed by atoms with Crippen molar-refractivity contribution < 1.29 is 14.3 Å². The molecule has 0 saturated carbocycles. The van der Waals surface area contributed by atoms with Gasteiger partial charge in [0.05, 0.1) is 19.0 Å². The number of methoxy groups -OCH3 is 1. The summed E-state index contributed by atoms with van der Waals surface area (Å²) in [6, 6.07) is 0. The maximum atomic E-state index is 11.7. The van der Waals surface area contributed by atoms with Gasteiger partial charge in [-0.3, -0.25) is 4.79 Å². The molecule has 0 aromatic carbocycles. The molecule has 0 bridgehead atoms. The smallest absolute Gasteiger partial charge is 0.352 e. The molecule has 3 N–H and O–H groups in total. The first-order valence-electron chi connectivity index (χ1n) is 5.52. The van der Waals surface area contributed by atoms with Crippen LogP contribution in [-0.2, 0) is 9.53 Å². The van der Waals surface area contributed by atoms with Crippen LogP contribution in [0.15, 0.2) is 35.4 Å². The van der Waals surface area contributed by atoms with E-state index in [0.717, 1.165) is 17.4 Å². The monoisotopic (exact) mass is 307 g/mol. The van der Waals surface area contributed by atoms with Gasteiger partial charge in [0.15, 0.2) is 10.7 Å². The lowest BCUT2D eigenvalue weighted by Gasteiger charge is -1.99. The maximum Gasteiger partial charge on any atom is 0.352 e. The molecule has 0 aliphatic rings. The standard InChI is InChI=1S/C12H13N5O3S/c1-4-7(6-14-13)15-12-17-10(16-8(18)5-2)9(21-12)11(19)20-3/h4-6H,1-2,13H2,3H3,(H,16,18)/b14-6-,15-7+. The first-order chi connectivity index (χ1) is 10.0. The fourth-order valence-electron chi connectivity index (χ4n) is 1.15. The Labute approximate surface area is 124 Å². The van der Waals surface area contributed by atoms with Gasteiger partial charge in [0.2, 0.25) is 11.0 Å². The van der Waals surface area contributed by atoms with Crippen LogP contribution in [0.25, 0.3) is 0 Å². The molecular formula is C12H13N5O3S. The molecule has 0 atom stereocenters. The fourth-order valence-corrected chi connectivity index (χ4v) is 1.98. The molecule has 0 fully saturated rings. The molecule has 0 spiro atoms. The largest absolute Gasteiger partial charge is 0.465 e. The van der Waals surface area contributed by atoms with Crippen molar-refractivity contribution in [2.45, 2.75) is 0 Å². The van der Waals surface area contributed by atoms with Crippen LogP contribution in [0.3, 0.4) is 0 Å². The molecule has 1 aromatic rings. The van der Waals surface area contributed by atoms with Gasteiger partial charge in [0, 0.05) is 0 Å². The Balaban J connectivity index is 3.24. The zero-order chi connectivity index (χ0) is 15.8. The molecule has 1 amide bonds. The second kappa shape index (κ2) is 7.70. The summed E-state index contributed by atoms with van der Waals surface area (Å²) in [6.45, 7) is 6.86. The number of hydrogen-bond donors (Lipinski definition) is 2. The van der Waals surface area contributed by atoms with E-state index in [1.807, 2.05) is 0 Å². The van der Waals surface area contributed by atoms with E-state index in [0.29, 0.717) is 5.71 Å². The highest BCUT2D eigenvalue weighted by molar-refractivity contribution is 7.17. The Bertz CT molecular complexity index is 633. The SMILES string of the molecule is C=CC(=O)Nc1nc(/N=C(C=C)/C=N\N)sc1C(=O)OC. The van der Waals surface area contributed by atoms with Crippen LogP contribution in [0.4, 0.5) is 10.9 Å². The van der Waals surface area contributed by atoms with Crippen LogP contribution in [0.2, 0.25) is 0 Å². The number of carbonyl (C=O) groups is 2. The average molecular weight is 307 g/mol. The number of aliphatic imine (C=N–C) groups is 1. The van der Waals surface area contributed by atoms with Crippen molar-refractivity contribution in [1.29, 1.82) is 0 Å². The van der Waals surface area contributed by atoms with E-state index in [1.165, 1.54) is 19.4 Å². The van der Waals surface area contributed by atoms with Gasteiger partial charge >= 0.3 is 5.97 Å². The minimum atomic E-state index is -0.638. The van der Waals surface area contributed by atoms with Crippen molar-refractivity contribution >= 4 is 46.1 Å². The molecule has 1 heterocycles. The molecule has 0 radical (unpaired) electrons. The number of esters is 1. The zero-order valence-corrected chi connectivity index (χ0v) is 12.0. The van der Waals surface area contributed by atoms with Gasteiger partial charge in [-0.25, -0.2) is 9.79 Å². The molecule has 1 aromatic heterocycles. The molecule has 8 nitrogen and oxygen atoms in total. The van der Waals surface area contributed by atoms with Gasteiger partial charge in [0.25, 0.3) is 0 Å². The minimum absolute atomic E-state index is 0.0450. The Morgan fingerprint density at radius 1 is 1.43 bits per heavy atom. The lowest BCUT2D eigenvalue weighted by Crippen LogP contribution is -2.11. The van der Waals surface area contributed by atoms with E-state index in [2.05, 4.69) is 38.3 Å². The zero-order valence-electron chi connectivity index (χ0n) is 11.2. The van der Waals surface area contributed by atoms with Crippen molar-refractivity contribution in [3.63, 3.8) is 0 Å². The van der Waals surface area contributed by atoms with Crippen molar-refractivity contribution in [3.8, 4) is 0 Å². The van der Waals surface area contributed by atoms with Crippen molar-refractivity contribution in [1.82, 2.24) is 4.98 Å². The van der Waals surface area contributed by atoms with E-state index in [9.17, 15) is 9.59 Å². The summed E-state index contributed by atoms with van der Waals surface area (Å²) in [6.07, 6.45) is 3.74. The molecule has 9 heteroatoms. The second-order valence-electron chi connectivity index (χ2n) is 3.38. The van der Waals surface area contributed by atoms with Gasteiger partial charge < -0.3 is 15.9 Å². The summed E-state index contributed by atoms with van der Waals surface area (Å²) in [7, 11) is 1.22. The third-order valence-corrected chi connectivity index (χ3v) is 2.98. The third-order valence-electron chi connectivity index (χ3n) is 2.05. The van der Waals surface area contributed by atoms with Crippen molar-refractivity contribution in [2.24, 2.45) is 15.9 Å². The number of thiazole rings is 1. The number of nitrogens with zero attached hydrogens (tertiary/aromatic N) is 3. The van der Waals surface area contributed by atoms with Gasteiger partial charge in [-0.1, -0.05) is 24.5 Å². The van der Waals surface area contributed by atoms with Gasteiger partial charge in [-0.15, -0.1) is 0 Å². The number of rotatable bonds is 6. The summed E-state index contributed by atoms with van der Waals surface area (Å²) >= 11 is 0.942. The summed E-state index contributed by atoms with van der Waals surface area (Å²) in [5, 5.41) is 5.94. The number of aromatic nitrogens is 1. The maximum absolute atomic E-state index is 11.7. The first kappa shape index (κ1) is 16.2. The number of ether oxygens (including phenoxy) is 1. The lowest BCUT2D eigenvalue weighted by atomic mass is 10.4. The number of allylic oxidation sites excluding steroid dienone is 1. The highest BCUT2D eigenvalue weighted by Crippen LogP contribution is 2.30. The molecule has 1 rings (SSSR count). The van der Waals surface area contributed by atoms with E-state index < -0.39 is 11.9 Å². The van der Waals surface area contributed by atoms with Crippen LogP contribution >= 0.6 is 11.3 Å². The van der Waals surface area contributed by atoms with Crippen LogP contribution in [-0.4, -0.2) is 35.9 Å². The normalized spacial score (nSPS) is 11.2. The second-order valence-corrected chi connectivity index (χ2v) is 4.36. The van der Waals surface area contributed by atoms with Crippen molar-refractivity contribution in [2.75, 3.05) is 12.4 Å².